The molecule has 2 aromatic carbocycles. The number of carbonyl (C=O) groups is 2. The van der Waals surface area contributed by atoms with Crippen LogP contribution in [-0.2, 0) is 6.54 Å². The van der Waals surface area contributed by atoms with Gasteiger partial charge in [0.2, 0.25) is 0 Å². The normalized spacial score (nSPS) is 14.9. The first-order chi connectivity index (χ1) is 13.6. The van der Waals surface area contributed by atoms with Gasteiger partial charge in [-0.1, -0.05) is 30.3 Å². The quantitative estimate of drug-likeness (QED) is 0.430. The molecule has 28 heavy (non-hydrogen) atoms. The number of fused-ring (bicyclic) bond motifs is 4. The van der Waals surface area contributed by atoms with E-state index in [0.29, 0.717) is 28.8 Å². The number of imide groups is 1. The predicted molar refractivity (Wildman–Crippen MR) is 107 cm³/mol. The topological polar surface area (TPSA) is 81.0 Å². The summed E-state index contributed by atoms with van der Waals surface area (Å²) in [7, 11) is 0. The van der Waals surface area contributed by atoms with Crippen molar-refractivity contribution in [3.05, 3.63) is 65.5 Å². The molecule has 1 atom stereocenters. The second-order valence-corrected chi connectivity index (χ2v) is 6.99. The first kappa shape index (κ1) is 16.9. The maximum Gasteiger partial charge on any atom is 0.262 e. The Kier molecular flexibility index (Phi) is 3.70. The maximum atomic E-state index is 12.7. The molecule has 0 spiro atoms. The van der Waals surface area contributed by atoms with Gasteiger partial charge in [0.15, 0.2) is 11.5 Å². The third-order valence-corrected chi connectivity index (χ3v) is 5.47. The zero-order valence-electron chi connectivity index (χ0n) is 14.9. The second-order valence-electron chi connectivity index (χ2n) is 6.50. The molecule has 7 nitrogen and oxygen atoms in total. The van der Waals surface area contributed by atoms with E-state index in [0.717, 1.165) is 15.8 Å². The largest absolute Gasteiger partial charge is 0.324 e. The van der Waals surface area contributed by atoms with E-state index in [1.54, 1.807) is 24.3 Å². The van der Waals surface area contributed by atoms with Crippen LogP contribution in [0.4, 0.5) is 0 Å². The molecule has 2 aromatic heterocycles. The predicted octanol–water partition coefficient (Wildman–Crippen LogP) is 3.22. The highest BCUT2D eigenvalue weighted by molar-refractivity contribution is 7.80. The molecule has 138 valence electrons. The minimum absolute atomic E-state index is 0.211. The number of benzene rings is 2. The van der Waals surface area contributed by atoms with Crippen LogP contribution in [0.2, 0.25) is 0 Å². The molecule has 0 radical (unpaired) electrons. The van der Waals surface area contributed by atoms with Gasteiger partial charge in [-0.2, -0.15) is 0 Å². The van der Waals surface area contributed by atoms with Crippen molar-refractivity contribution in [2.24, 2.45) is 0 Å². The van der Waals surface area contributed by atoms with Crippen LogP contribution in [0.1, 0.15) is 38.8 Å². The molecule has 8 heteroatoms. The Morgan fingerprint density at radius 3 is 2.29 bits per heavy atom. The van der Waals surface area contributed by atoms with E-state index >= 15 is 0 Å². The Bertz CT molecular complexity index is 1250. The number of hydrogen-bond donors (Lipinski definition) is 1. The van der Waals surface area contributed by atoms with Crippen LogP contribution >= 0.6 is 12.6 Å². The van der Waals surface area contributed by atoms with E-state index in [9.17, 15) is 9.59 Å². The summed E-state index contributed by atoms with van der Waals surface area (Å²) < 4.78 is 2.03. The lowest BCUT2D eigenvalue weighted by Gasteiger charge is -2.19. The van der Waals surface area contributed by atoms with Crippen LogP contribution in [0.3, 0.4) is 0 Å². The van der Waals surface area contributed by atoms with Crippen molar-refractivity contribution in [2.75, 3.05) is 0 Å². The number of carbonyl (C=O) groups excluding carboxylic acids is 2. The fourth-order valence-electron chi connectivity index (χ4n) is 3.69. The summed E-state index contributed by atoms with van der Waals surface area (Å²) in [6.45, 7) is 2.72. The highest BCUT2D eigenvalue weighted by Crippen LogP contribution is 2.33. The molecule has 4 aromatic rings. The van der Waals surface area contributed by atoms with Crippen LogP contribution in [0, 0.1) is 0 Å². The summed E-state index contributed by atoms with van der Waals surface area (Å²) in [5, 5.41) is 8.56. The number of para-hydroxylation sites is 1. The highest BCUT2D eigenvalue weighted by Gasteiger charge is 2.40. The van der Waals surface area contributed by atoms with Gasteiger partial charge in [-0.25, -0.2) is 4.98 Å². The van der Waals surface area contributed by atoms with Gasteiger partial charge in [-0.3, -0.25) is 14.5 Å². The van der Waals surface area contributed by atoms with Crippen molar-refractivity contribution in [1.82, 2.24) is 24.6 Å². The number of nitrogens with zero attached hydrogens (tertiary/aromatic N) is 5. The minimum Gasteiger partial charge on any atom is -0.324 e. The number of rotatable bonds is 3. The molecule has 0 saturated carbocycles. The molecule has 0 aliphatic carbocycles. The molecule has 5 rings (SSSR count). The summed E-state index contributed by atoms with van der Waals surface area (Å²) in [6, 6.07) is 14.6. The van der Waals surface area contributed by atoms with Gasteiger partial charge in [0.05, 0.1) is 16.6 Å². The van der Waals surface area contributed by atoms with Crippen LogP contribution < -0.4 is 0 Å². The van der Waals surface area contributed by atoms with Crippen molar-refractivity contribution < 1.29 is 9.59 Å². The molecule has 3 heterocycles. The van der Waals surface area contributed by atoms with Crippen LogP contribution in [0.25, 0.3) is 22.1 Å². The molecule has 0 saturated heterocycles. The lowest BCUT2D eigenvalue weighted by Crippen LogP contribution is -2.32. The smallest absolute Gasteiger partial charge is 0.262 e. The molecule has 1 unspecified atom stereocenters. The Labute approximate surface area is 165 Å². The van der Waals surface area contributed by atoms with Gasteiger partial charge in [-0.15, -0.1) is 22.8 Å². The van der Waals surface area contributed by atoms with Gasteiger partial charge in [0, 0.05) is 11.9 Å². The molecule has 1 aliphatic rings. The summed E-state index contributed by atoms with van der Waals surface area (Å²) in [5.41, 5.74) is 3.08. The lowest BCUT2D eigenvalue weighted by molar-refractivity contribution is 0.0633. The Hall–Kier alpha value is -3.26. The van der Waals surface area contributed by atoms with Gasteiger partial charge < -0.3 is 4.57 Å². The van der Waals surface area contributed by atoms with Crippen molar-refractivity contribution in [2.45, 2.75) is 18.8 Å². The average Bonchev–Trinajstić information content (AvgIpc) is 3.19. The van der Waals surface area contributed by atoms with Crippen molar-refractivity contribution >= 4 is 46.5 Å². The van der Waals surface area contributed by atoms with Gasteiger partial charge in [0.1, 0.15) is 10.9 Å². The number of thiol groups is 1. The third-order valence-electron chi connectivity index (χ3n) is 5.01. The zero-order valence-corrected chi connectivity index (χ0v) is 15.8. The van der Waals surface area contributed by atoms with E-state index in [2.05, 4.69) is 27.8 Å². The molecular weight excluding hydrogens is 374 g/mol. The summed E-state index contributed by atoms with van der Waals surface area (Å²) in [4.78, 5) is 31.2. The standard InChI is InChI=1S/C20H15N5O2S/c1-2-24-14-10-6-5-9-13(14)15-17(24)21-16(23-22-15)20(28)25-18(26)11-7-3-4-8-12(11)19(25)27/h3-10,20,28H,2H2,1H3. The Morgan fingerprint density at radius 1 is 0.964 bits per heavy atom. The van der Waals surface area contributed by atoms with Crippen molar-refractivity contribution in [3.8, 4) is 0 Å². The molecule has 0 bridgehead atoms. The molecule has 0 N–H and O–H groups in total. The van der Waals surface area contributed by atoms with E-state index < -0.39 is 17.2 Å². The van der Waals surface area contributed by atoms with Crippen LogP contribution in [0.15, 0.2) is 48.5 Å². The zero-order chi connectivity index (χ0) is 19.4. The number of aryl methyl sites for hydroxylation is 1. The van der Waals surface area contributed by atoms with Crippen molar-refractivity contribution in [3.63, 3.8) is 0 Å². The SMILES string of the molecule is CCn1c2ccccc2c2nnc(C(S)N3C(=O)c4ccccc4C3=O)nc21. The number of aromatic nitrogens is 4. The average molecular weight is 389 g/mol. The number of amides is 2. The van der Waals surface area contributed by atoms with Gasteiger partial charge in [0.25, 0.3) is 11.8 Å². The summed E-state index contributed by atoms with van der Waals surface area (Å²) >= 11 is 4.50. The first-order valence-electron chi connectivity index (χ1n) is 8.88. The van der Waals surface area contributed by atoms with Gasteiger partial charge in [-0.05, 0) is 25.1 Å². The summed E-state index contributed by atoms with van der Waals surface area (Å²) in [5.74, 6) is -0.594. The highest BCUT2D eigenvalue weighted by atomic mass is 32.1. The van der Waals surface area contributed by atoms with Crippen molar-refractivity contribution in [1.29, 1.82) is 0 Å². The Balaban J connectivity index is 1.63. The van der Waals surface area contributed by atoms with Crippen LogP contribution in [-0.4, -0.2) is 36.5 Å². The lowest BCUT2D eigenvalue weighted by atomic mass is 10.1. The minimum atomic E-state index is -0.924. The van der Waals surface area contributed by atoms with Gasteiger partial charge >= 0.3 is 0 Å². The monoisotopic (exact) mass is 389 g/mol. The second kappa shape index (κ2) is 6.13. The molecular formula is C20H15N5O2S. The van der Waals surface area contributed by atoms with E-state index in [-0.39, 0.29) is 5.82 Å². The molecule has 0 fully saturated rings. The Morgan fingerprint density at radius 2 is 1.61 bits per heavy atom. The number of hydrogen-bond acceptors (Lipinski definition) is 6. The molecule has 1 aliphatic heterocycles. The third kappa shape index (κ3) is 2.21. The van der Waals surface area contributed by atoms with E-state index in [1.165, 1.54) is 0 Å². The van der Waals surface area contributed by atoms with Crippen LogP contribution in [0.5, 0.6) is 0 Å². The molecule has 2 amide bonds. The first-order valence-corrected chi connectivity index (χ1v) is 9.40. The summed E-state index contributed by atoms with van der Waals surface area (Å²) in [6.07, 6.45) is 0. The fraction of sp³-hybridized carbons (Fsp3) is 0.150. The van der Waals surface area contributed by atoms with E-state index in [1.807, 2.05) is 35.8 Å². The maximum absolute atomic E-state index is 12.7. The van der Waals surface area contributed by atoms with E-state index in [4.69, 9.17) is 0 Å². The fourth-order valence-corrected chi connectivity index (χ4v) is 4.01.